The zero-order valence-corrected chi connectivity index (χ0v) is 8.07. The molecule has 2 N–H and O–H groups in total. The van der Waals surface area contributed by atoms with Gasteiger partial charge < -0.3 is 10.1 Å². The molecule has 0 radical (unpaired) electrons. The van der Waals surface area contributed by atoms with Gasteiger partial charge in [-0.05, 0) is 25.7 Å². The molecule has 2 saturated heterocycles. The maximum atomic E-state index is 5.82. The van der Waals surface area contributed by atoms with Gasteiger partial charge in [0.25, 0.3) is 0 Å². The minimum Gasteiger partial charge on any atom is -0.475 e. The molecule has 2 bridgehead atoms. The quantitative estimate of drug-likeness (QED) is 0.738. The van der Waals surface area contributed by atoms with Crippen molar-refractivity contribution in [3.8, 4) is 5.88 Å². The topological polar surface area (TPSA) is 49.9 Å². The Kier molecular flexibility index (Phi) is 1.94. The fraction of sp³-hybridized carbons (Fsp3) is 0.700. The van der Waals surface area contributed by atoms with Gasteiger partial charge in [0.2, 0.25) is 5.88 Å². The number of ether oxygens (including phenoxy) is 1. The first kappa shape index (κ1) is 8.29. The predicted molar refractivity (Wildman–Crippen MR) is 52.2 cm³/mol. The zero-order chi connectivity index (χ0) is 9.38. The summed E-state index contributed by atoms with van der Waals surface area (Å²) in [4.78, 5) is 0. The van der Waals surface area contributed by atoms with Crippen LogP contribution in [0.3, 0.4) is 0 Å². The molecule has 2 aliphatic heterocycles. The third kappa shape index (κ3) is 1.50. The number of nitrogens with zero attached hydrogens (tertiary/aromatic N) is 1. The number of fused-ring (bicyclic) bond motifs is 2. The Hall–Kier alpha value is -1.03. The van der Waals surface area contributed by atoms with Gasteiger partial charge in [-0.25, -0.2) is 5.10 Å². The van der Waals surface area contributed by atoms with Crippen molar-refractivity contribution in [3.63, 3.8) is 0 Å². The van der Waals surface area contributed by atoms with E-state index in [0.717, 1.165) is 18.7 Å². The van der Waals surface area contributed by atoms with E-state index in [2.05, 4.69) is 15.5 Å². The van der Waals surface area contributed by atoms with E-state index in [-0.39, 0.29) is 0 Å². The second-order valence-electron chi connectivity index (χ2n) is 4.27. The first-order valence-corrected chi connectivity index (χ1v) is 5.32. The van der Waals surface area contributed by atoms with Crippen LogP contribution in [0.2, 0.25) is 0 Å². The number of aromatic nitrogens is 2. The molecule has 0 aromatic carbocycles. The molecule has 4 heteroatoms. The van der Waals surface area contributed by atoms with Crippen LogP contribution < -0.4 is 10.1 Å². The lowest BCUT2D eigenvalue weighted by molar-refractivity contribution is 0.131. The van der Waals surface area contributed by atoms with E-state index in [1.807, 2.05) is 6.07 Å². The van der Waals surface area contributed by atoms with Crippen molar-refractivity contribution < 1.29 is 4.74 Å². The van der Waals surface area contributed by atoms with Gasteiger partial charge in [0, 0.05) is 18.2 Å². The van der Waals surface area contributed by atoms with Crippen molar-refractivity contribution in [1.29, 1.82) is 0 Å². The lowest BCUT2D eigenvalue weighted by Gasteiger charge is -2.28. The molecule has 3 atom stereocenters. The van der Waals surface area contributed by atoms with Gasteiger partial charge in [-0.15, -0.1) is 0 Å². The van der Waals surface area contributed by atoms with Gasteiger partial charge in [0.05, 0.1) is 6.20 Å². The van der Waals surface area contributed by atoms with Crippen LogP contribution >= 0.6 is 0 Å². The summed E-state index contributed by atoms with van der Waals surface area (Å²) in [6.45, 7) is 0. The van der Waals surface area contributed by atoms with Gasteiger partial charge >= 0.3 is 0 Å². The molecule has 1 aromatic rings. The Morgan fingerprint density at radius 3 is 2.71 bits per heavy atom. The van der Waals surface area contributed by atoms with Crippen LogP contribution in [-0.4, -0.2) is 28.4 Å². The largest absolute Gasteiger partial charge is 0.475 e. The lowest BCUT2D eigenvalue weighted by atomic mass is 10.0. The number of H-pyrrole nitrogens is 1. The predicted octanol–water partition coefficient (Wildman–Crippen LogP) is 1.07. The molecule has 0 aliphatic carbocycles. The van der Waals surface area contributed by atoms with E-state index in [0.29, 0.717) is 18.2 Å². The molecule has 1 aromatic heterocycles. The summed E-state index contributed by atoms with van der Waals surface area (Å²) < 4.78 is 5.82. The van der Waals surface area contributed by atoms with Crippen LogP contribution in [-0.2, 0) is 0 Å². The average molecular weight is 193 g/mol. The molecule has 0 saturated carbocycles. The molecule has 2 aliphatic rings. The summed E-state index contributed by atoms with van der Waals surface area (Å²) in [6, 6.07) is 3.24. The number of nitrogens with one attached hydrogen (secondary N) is 2. The normalized spacial score (nSPS) is 35.9. The van der Waals surface area contributed by atoms with E-state index in [9.17, 15) is 0 Å². The molecule has 1 unspecified atom stereocenters. The SMILES string of the molecule is c1cc(OC2C[C@H]3CC[C@@H](C2)N3)[nH]n1. The zero-order valence-electron chi connectivity index (χ0n) is 8.07. The van der Waals surface area contributed by atoms with E-state index in [4.69, 9.17) is 4.74 Å². The average Bonchev–Trinajstić information content (AvgIpc) is 2.77. The van der Waals surface area contributed by atoms with Crippen molar-refractivity contribution in [1.82, 2.24) is 15.5 Å². The fourth-order valence-corrected chi connectivity index (χ4v) is 2.59. The van der Waals surface area contributed by atoms with Crippen molar-refractivity contribution in [2.45, 2.75) is 43.9 Å². The molecule has 4 nitrogen and oxygen atoms in total. The standard InChI is InChI=1S/C10H15N3O/c1-2-8-6-9(5-7(1)12-8)14-10-3-4-11-13-10/h3-4,7-9,12H,1-2,5-6H2,(H,11,13)/t7-,8+,9?. The van der Waals surface area contributed by atoms with E-state index >= 15 is 0 Å². The van der Waals surface area contributed by atoms with Gasteiger partial charge in [-0.1, -0.05) is 0 Å². The van der Waals surface area contributed by atoms with Crippen LogP contribution in [0.25, 0.3) is 0 Å². The molecule has 76 valence electrons. The monoisotopic (exact) mass is 193 g/mol. The Labute approximate surface area is 83.0 Å². The highest BCUT2D eigenvalue weighted by molar-refractivity contribution is 5.06. The number of aromatic amines is 1. The summed E-state index contributed by atoms with van der Waals surface area (Å²) in [7, 11) is 0. The van der Waals surface area contributed by atoms with Gasteiger partial charge in [0.1, 0.15) is 6.10 Å². The van der Waals surface area contributed by atoms with E-state index in [1.54, 1.807) is 6.20 Å². The Balaban J connectivity index is 1.64. The molecule has 14 heavy (non-hydrogen) atoms. The molecule has 2 fully saturated rings. The van der Waals surface area contributed by atoms with Crippen molar-refractivity contribution in [2.24, 2.45) is 0 Å². The summed E-state index contributed by atoms with van der Waals surface area (Å²) in [5, 5.41) is 10.3. The minimum absolute atomic E-state index is 0.370. The van der Waals surface area contributed by atoms with Gasteiger partial charge in [-0.2, -0.15) is 5.10 Å². The van der Waals surface area contributed by atoms with Crippen LogP contribution in [0.15, 0.2) is 12.3 Å². The van der Waals surface area contributed by atoms with Crippen LogP contribution in [0.4, 0.5) is 0 Å². The lowest BCUT2D eigenvalue weighted by Crippen LogP contribution is -2.42. The highest BCUT2D eigenvalue weighted by Gasteiger charge is 2.34. The number of hydrogen-bond acceptors (Lipinski definition) is 3. The highest BCUT2D eigenvalue weighted by Crippen LogP contribution is 2.28. The number of piperidine rings is 1. The molecule has 0 amide bonds. The fourth-order valence-electron chi connectivity index (χ4n) is 2.59. The highest BCUT2D eigenvalue weighted by atomic mass is 16.5. The van der Waals surface area contributed by atoms with Crippen LogP contribution in [0, 0.1) is 0 Å². The Bertz CT molecular complexity index is 286. The first-order chi connectivity index (χ1) is 6.90. The number of rotatable bonds is 2. The third-order valence-corrected chi connectivity index (χ3v) is 3.20. The third-order valence-electron chi connectivity index (χ3n) is 3.20. The summed E-state index contributed by atoms with van der Waals surface area (Å²) in [5.74, 6) is 0.802. The van der Waals surface area contributed by atoms with Crippen molar-refractivity contribution in [2.75, 3.05) is 0 Å². The van der Waals surface area contributed by atoms with Crippen molar-refractivity contribution >= 4 is 0 Å². The van der Waals surface area contributed by atoms with E-state index in [1.165, 1.54) is 12.8 Å². The molecule has 0 spiro atoms. The smallest absolute Gasteiger partial charge is 0.209 e. The second-order valence-corrected chi connectivity index (χ2v) is 4.27. The van der Waals surface area contributed by atoms with Crippen LogP contribution in [0.5, 0.6) is 5.88 Å². The Morgan fingerprint density at radius 2 is 2.07 bits per heavy atom. The maximum absolute atomic E-state index is 5.82. The first-order valence-electron chi connectivity index (χ1n) is 5.32. The van der Waals surface area contributed by atoms with E-state index < -0.39 is 0 Å². The summed E-state index contributed by atoms with van der Waals surface area (Å²) in [6.07, 6.45) is 6.99. The summed E-state index contributed by atoms with van der Waals surface area (Å²) >= 11 is 0. The maximum Gasteiger partial charge on any atom is 0.209 e. The molecule has 3 rings (SSSR count). The number of hydrogen-bond donors (Lipinski definition) is 2. The second kappa shape index (κ2) is 3.28. The molecular weight excluding hydrogens is 178 g/mol. The molecule has 3 heterocycles. The Morgan fingerprint density at radius 1 is 1.29 bits per heavy atom. The van der Waals surface area contributed by atoms with Gasteiger partial charge in [-0.3, -0.25) is 0 Å². The molecular formula is C10H15N3O. The summed E-state index contributed by atoms with van der Waals surface area (Å²) in [5.41, 5.74) is 0. The van der Waals surface area contributed by atoms with Crippen molar-refractivity contribution in [3.05, 3.63) is 12.3 Å². The van der Waals surface area contributed by atoms with Gasteiger partial charge in [0.15, 0.2) is 0 Å². The van der Waals surface area contributed by atoms with Crippen LogP contribution in [0.1, 0.15) is 25.7 Å². The minimum atomic E-state index is 0.370.